The van der Waals surface area contributed by atoms with E-state index in [-0.39, 0.29) is 0 Å². The van der Waals surface area contributed by atoms with E-state index in [1.165, 1.54) is 49.4 Å². The minimum atomic E-state index is 0.879. The van der Waals surface area contributed by atoms with Crippen LogP contribution in [-0.2, 0) is 0 Å². The number of nitrogens with zero attached hydrogens (tertiary/aromatic N) is 1. The average Bonchev–Trinajstić information content (AvgIpc) is 3.67. The van der Waals surface area contributed by atoms with Crippen LogP contribution in [0.3, 0.4) is 0 Å². The minimum Gasteiger partial charge on any atom is -0.456 e. The molecule has 0 saturated heterocycles. The summed E-state index contributed by atoms with van der Waals surface area (Å²) in [4.78, 5) is 2.42. The van der Waals surface area contributed by atoms with Gasteiger partial charge >= 0.3 is 0 Å². The maximum absolute atomic E-state index is 6.56. The molecule has 272 valence electrons. The van der Waals surface area contributed by atoms with Crippen molar-refractivity contribution in [2.24, 2.45) is 0 Å². The van der Waals surface area contributed by atoms with E-state index in [1.54, 1.807) is 0 Å². The lowest BCUT2D eigenvalue weighted by molar-refractivity contribution is 0.669. The van der Waals surface area contributed by atoms with Crippen molar-refractivity contribution in [3.8, 4) is 44.5 Å². The van der Waals surface area contributed by atoms with E-state index >= 15 is 0 Å². The SMILES string of the molecule is c1ccc(-c2ccccc2N(c2ccc(-c3ccc(-c4cccc5ccccc45)cc3)cc2)c2ccccc2-c2cccc3oc4cc5ccccc5cc4c23)cc1. The third-order valence-electron chi connectivity index (χ3n) is 11.5. The number of furan rings is 1. The fourth-order valence-corrected chi connectivity index (χ4v) is 8.69. The Morgan fingerprint density at radius 3 is 1.59 bits per heavy atom. The van der Waals surface area contributed by atoms with Crippen LogP contribution < -0.4 is 4.90 Å². The van der Waals surface area contributed by atoms with Gasteiger partial charge in [0.15, 0.2) is 0 Å². The van der Waals surface area contributed by atoms with Crippen LogP contribution in [0, 0.1) is 0 Å². The van der Waals surface area contributed by atoms with Gasteiger partial charge in [-0.15, -0.1) is 0 Å². The molecule has 0 unspecified atom stereocenters. The quantitative estimate of drug-likeness (QED) is 0.162. The highest BCUT2D eigenvalue weighted by Gasteiger charge is 2.22. The first-order valence-electron chi connectivity index (χ1n) is 19.8. The van der Waals surface area contributed by atoms with Gasteiger partial charge < -0.3 is 9.32 Å². The largest absolute Gasteiger partial charge is 0.456 e. The Balaban J connectivity index is 1.06. The van der Waals surface area contributed by atoms with Crippen molar-refractivity contribution < 1.29 is 4.42 Å². The zero-order chi connectivity index (χ0) is 38.4. The van der Waals surface area contributed by atoms with Gasteiger partial charge in [0, 0.05) is 27.6 Å². The molecule has 0 radical (unpaired) electrons. The average molecular weight is 740 g/mol. The Hall–Kier alpha value is -7.68. The molecule has 0 atom stereocenters. The van der Waals surface area contributed by atoms with Crippen LogP contribution in [0.5, 0.6) is 0 Å². The molecule has 2 nitrogen and oxygen atoms in total. The summed E-state index contributed by atoms with van der Waals surface area (Å²) in [6.45, 7) is 0. The maximum Gasteiger partial charge on any atom is 0.136 e. The highest BCUT2D eigenvalue weighted by Crippen LogP contribution is 2.47. The van der Waals surface area contributed by atoms with Crippen LogP contribution in [0.1, 0.15) is 0 Å². The van der Waals surface area contributed by atoms with Crippen LogP contribution >= 0.6 is 0 Å². The summed E-state index contributed by atoms with van der Waals surface area (Å²) in [5, 5.41) is 7.12. The second-order valence-corrected chi connectivity index (χ2v) is 14.9. The molecule has 2 heteroatoms. The normalized spacial score (nSPS) is 11.4. The molecule has 0 aliphatic rings. The van der Waals surface area contributed by atoms with Crippen LogP contribution in [-0.4, -0.2) is 0 Å². The molecular formula is C56H37NO. The Bertz CT molecular complexity index is 3260. The second-order valence-electron chi connectivity index (χ2n) is 14.9. The van der Waals surface area contributed by atoms with Gasteiger partial charge in [-0.3, -0.25) is 0 Å². The Labute approximate surface area is 337 Å². The molecule has 0 aliphatic heterocycles. The number of hydrogen-bond donors (Lipinski definition) is 0. The van der Waals surface area contributed by atoms with E-state index in [4.69, 9.17) is 4.42 Å². The monoisotopic (exact) mass is 739 g/mol. The molecule has 0 aliphatic carbocycles. The van der Waals surface area contributed by atoms with Crippen molar-refractivity contribution in [2.45, 2.75) is 0 Å². The van der Waals surface area contributed by atoms with Gasteiger partial charge in [-0.1, -0.05) is 182 Å². The molecule has 1 aromatic heterocycles. The molecule has 0 amide bonds. The summed E-state index contributed by atoms with van der Waals surface area (Å²) in [5.41, 5.74) is 14.4. The molecule has 1 heterocycles. The first-order chi connectivity index (χ1) is 28.8. The van der Waals surface area contributed by atoms with Crippen LogP contribution in [0.15, 0.2) is 229 Å². The van der Waals surface area contributed by atoms with E-state index in [1.807, 2.05) is 0 Å². The smallest absolute Gasteiger partial charge is 0.136 e. The number of hydrogen-bond acceptors (Lipinski definition) is 2. The van der Waals surface area contributed by atoms with E-state index in [2.05, 4.69) is 229 Å². The molecule has 0 spiro atoms. The van der Waals surface area contributed by atoms with Crippen molar-refractivity contribution in [1.82, 2.24) is 0 Å². The van der Waals surface area contributed by atoms with Crippen molar-refractivity contribution in [3.05, 3.63) is 224 Å². The Kier molecular flexibility index (Phi) is 8.19. The van der Waals surface area contributed by atoms with E-state index in [0.29, 0.717) is 0 Å². The van der Waals surface area contributed by atoms with Gasteiger partial charge in [0.05, 0.1) is 11.4 Å². The zero-order valence-corrected chi connectivity index (χ0v) is 31.7. The standard InChI is InChI=1S/C56H37NO/c1-2-14-41(15-3-1)48-21-8-10-25-52(48)57(45-34-32-39(33-35-45)38-28-30-42(31-29-38)47-23-12-19-40-16-6-7-20-46(40)47)53-26-11-9-22-49(53)50-24-13-27-54-56(50)51-36-43-17-4-5-18-44(43)37-55(51)58-54/h1-37H. The van der Waals surface area contributed by atoms with Crippen molar-refractivity contribution in [2.75, 3.05) is 4.90 Å². The van der Waals surface area contributed by atoms with Gasteiger partial charge in [-0.25, -0.2) is 0 Å². The summed E-state index contributed by atoms with van der Waals surface area (Å²) in [6.07, 6.45) is 0. The number of benzene rings is 10. The molecule has 58 heavy (non-hydrogen) atoms. The van der Waals surface area contributed by atoms with Gasteiger partial charge in [-0.05, 0) is 97.4 Å². The van der Waals surface area contributed by atoms with Crippen molar-refractivity contribution in [3.63, 3.8) is 0 Å². The topological polar surface area (TPSA) is 16.4 Å². The van der Waals surface area contributed by atoms with Gasteiger partial charge in [-0.2, -0.15) is 0 Å². The molecular weight excluding hydrogens is 703 g/mol. The third kappa shape index (κ3) is 5.82. The fraction of sp³-hybridized carbons (Fsp3) is 0. The van der Waals surface area contributed by atoms with Gasteiger partial charge in [0.2, 0.25) is 0 Å². The van der Waals surface area contributed by atoms with Gasteiger partial charge in [0.25, 0.3) is 0 Å². The fourth-order valence-electron chi connectivity index (χ4n) is 8.69. The van der Waals surface area contributed by atoms with Crippen LogP contribution in [0.25, 0.3) is 88.0 Å². The summed E-state index contributed by atoms with van der Waals surface area (Å²) < 4.78 is 6.56. The lowest BCUT2D eigenvalue weighted by atomic mass is 9.95. The first-order valence-corrected chi connectivity index (χ1v) is 19.8. The van der Waals surface area contributed by atoms with E-state index in [9.17, 15) is 0 Å². The number of rotatable bonds is 7. The lowest BCUT2D eigenvalue weighted by Crippen LogP contribution is -2.12. The third-order valence-corrected chi connectivity index (χ3v) is 11.5. The molecule has 0 fully saturated rings. The summed E-state index contributed by atoms with van der Waals surface area (Å²) in [7, 11) is 0. The molecule has 11 aromatic rings. The van der Waals surface area contributed by atoms with Crippen LogP contribution in [0.4, 0.5) is 17.1 Å². The highest BCUT2D eigenvalue weighted by atomic mass is 16.3. The summed E-state index contributed by atoms with van der Waals surface area (Å²) in [5.74, 6) is 0. The molecule has 11 rings (SSSR count). The second kappa shape index (κ2) is 14.1. The minimum absolute atomic E-state index is 0.879. The Morgan fingerprint density at radius 1 is 0.293 bits per heavy atom. The van der Waals surface area contributed by atoms with Crippen molar-refractivity contribution in [1.29, 1.82) is 0 Å². The van der Waals surface area contributed by atoms with E-state index in [0.717, 1.165) is 55.7 Å². The number of anilines is 3. The lowest BCUT2D eigenvalue weighted by Gasteiger charge is -2.30. The molecule has 10 aromatic carbocycles. The highest BCUT2D eigenvalue weighted by molar-refractivity contribution is 6.16. The van der Waals surface area contributed by atoms with Gasteiger partial charge in [0.1, 0.15) is 11.2 Å². The summed E-state index contributed by atoms with van der Waals surface area (Å²) >= 11 is 0. The maximum atomic E-state index is 6.56. The zero-order valence-electron chi connectivity index (χ0n) is 31.7. The van der Waals surface area contributed by atoms with E-state index < -0.39 is 0 Å². The number of fused-ring (bicyclic) bond motifs is 5. The predicted octanol–water partition coefficient (Wildman–Crippen LogP) is 16.0. The molecule has 0 bridgehead atoms. The predicted molar refractivity (Wildman–Crippen MR) is 245 cm³/mol. The molecule has 0 N–H and O–H groups in total. The van der Waals surface area contributed by atoms with Crippen molar-refractivity contribution >= 4 is 60.5 Å². The first kappa shape index (κ1) is 33.6. The summed E-state index contributed by atoms with van der Waals surface area (Å²) in [6, 6.07) is 80.6. The van der Waals surface area contributed by atoms with Crippen LogP contribution in [0.2, 0.25) is 0 Å². The number of para-hydroxylation sites is 2. The molecule has 0 saturated carbocycles. The Morgan fingerprint density at radius 2 is 0.810 bits per heavy atom.